The Bertz CT molecular complexity index is 218. The summed E-state index contributed by atoms with van der Waals surface area (Å²) in [5.74, 6) is -4.16. The van der Waals surface area contributed by atoms with E-state index < -0.39 is 23.2 Å². The molecule has 1 fully saturated rings. The molecule has 1 aliphatic rings. The van der Waals surface area contributed by atoms with Crippen LogP contribution < -0.4 is 5.73 Å². The molecule has 0 aromatic rings. The zero-order valence-electron chi connectivity index (χ0n) is 7.94. The van der Waals surface area contributed by atoms with Crippen molar-refractivity contribution in [3.05, 3.63) is 0 Å². The maximum absolute atomic E-state index is 13.2. The Morgan fingerprint density at radius 2 is 2.00 bits per heavy atom. The standard InChI is InChI=1S/C9H15F2NO/c1-6(7(12)13)9(4-3-5-9)8(2,10)11/h6H,3-5H2,1-2H3,(H2,12,13). The Labute approximate surface area is 76.5 Å². The zero-order chi connectivity index (χ0) is 10.3. The molecule has 0 saturated heterocycles. The number of rotatable bonds is 3. The summed E-state index contributed by atoms with van der Waals surface area (Å²) in [6, 6.07) is 0. The molecule has 0 aliphatic heterocycles. The lowest BCUT2D eigenvalue weighted by atomic mass is 9.58. The number of alkyl halides is 2. The lowest BCUT2D eigenvalue weighted by molar-refractivity contribution is -0.181. The average molecular weight is 191 g/mol. The van der Waals surface area contributed by atoms with Crippen molar-refractivity contribution in [2.75, 3.05) is 0 Å². The molecule has 76 valence electrons. The van der Waals surface area contributed by atoms with Crippen LogP contribution in [0.3, 0.4) is 0 Å². The van der Waals surface area contributed by atoms with E-state index in [2.05, 4.69) is 0 Å². The Morgan fingerprint density at radius 3 is 2.08 bits per heavy atom. The number of amides is 1. The molecule has 1 rings (SSSR count). The molecule has 0 aromatic carbocycles. The van der Waals surface area contributed by atoms with Crippen molar-refractivity contribution < 1.29 is 13.6 Å². The molecule has 0 spiro atoms. The first-order chi connectivity index (χ1) is 5.81. The minimum atomic E-state index is -2.81. The van der Waals surface area contributed by atoms with Crippen LogP contribution in [0.15, 0.2) is 0 Å². The van der Waals surface area contributed by atoms with Gasteiger partial charge in [-0.2, -0.15) is 0 Å². The number of hydrogen-bond donors (Lipinski definition) is 1. The summed E-state index contributed by atoms with van der Waals surface area (Å²) in [4.78, 5) is 10.9. The van der Waals surface area contributed by atoms with Crippen LogP contribution in [0.1, 0.15) is 33.1 Å². The fourth-order valence-corrected chi connectivity index (χ4v) is 2.08. The molecule has 1 atom stereocenters. The highest BCUT2D eigenvalue weighted by atomic mass is 19.3. The van der Waals surface area contributed by atoms with E-state index in [1.54, 1.807) is 0 Å². The SMILES string of the molecule is CC(C(N)=O)C1(C(C)(F)F)CCC1. The topological polar surface area (TPSA) is 43.1 Å². The van der Waals surface area contributed by atoms with Gasteiger partial charge in [-0.1, -0.05) is 13.3 Å². The summed E-state index contributed by atoms with van der Waals surface area (Å²) < 4.78 is 26.5. The fourth-order valence-electron chi connectivity index (χ4n) is 2.08. The minimum absolute atomic E-state index is 0.403. The largest absolute Gasteiger partial charge is 0.369 e. The Balaban J connectivity index is 2.88. The maximum atomic E-state index is 13.2. The quantitative estimate of drug-likeness (QED) is 0.727. The third-order valence-electron chi connectivity index (χ3n) is 3.38. The first-order valence-corrected chi connectivity index (χ1v) is 4.48. The zero-order valence-corrected chi connectivity index (χ0v) is 7.94. The van der Waals surface area contributed by atoms with Gasteiger partial charge in [0.2, 0.25) is 5.91 Å². The van der Waals surface area contributed by atoms with E-state index in [4.69, 9.17) is 5.73 Å². The van der Waals surface area contributed by atoms with E-state index >= 15 is 0 Å². The van der Waals surface area contributed by atoms with Gasteiger partial charge < -0.3 is 5.73 Å². The molecule has 13 heavy (non-hydrogen) atoms. The molecular weight excluding hydrogens is 176 g/mol. The van der Waals surface area contributed by atoms with Crippen LogP contribution in [0.4, 0.5) is 8.78 Å². The van der Waals surface area contributed by atoms with Crippen molar-refractivity contribution in [1.29, 1.82) is 0 Å². The number of carbonyl (C=O) groups is 1. The number of carbonyl (C=O) groups excluding carboxylic acids is 1. The number of nitrogens with two attached hydrogens (primary N) is 1. The van der Waals surface area contributed by atoms with Crippen molar-refractivity contribution in [3.63, 3.8) is 0 Å². The summed E-state index contributed by atoms with van der Waals surface area (Å²) in [5.41, 5.74) is 3.89. The van der Waals surface area contributed by atoms with E-state index in [0.29, 0.717) is 12.8 Å². The molecule has 2 nitrogen and oxygen atoms in total. The third kappa shape index (κ3) is 1.42. The molecule has 1 amide bonds. The number of primary amides is 1. The van der Waals surface area contributed by atoms with Crippen molar-refractivity contribution in [1.82, 2.24) is 0 Å². The van der Waals surface area contributed by atoms with E-state index in [9.17, 15) is 13.6 Å². The number of hydrogen-bond acceptors (Lipinski definition) is 1. The predicted octanol–water partition coefficient (Wildman–Crippen LogP) is 1.93. The summed E-state index contributed by atoms with van der Waals surface area (Å²) in [7, 11) is 0. The Kier molecular flexibility index (Phi) is 2.34. The van der Waals surface area contributed by atoms with Gasteiger partial charge in [0.25, 0.3) is 5.92 Å². The molecule has 2 N–H and O–H groups in total. The Hall–Kier alpha value is -0.670. The van der Waals surface area contributed by atoms with Crippen LogP contribution in [0.2, 0.25) is 0 Å². The van der Waals surface area contributed by atoms with E-state index in [0.717, 1.165) is 13.3 Å². The van der Waals surface area contributed by atoms with Gasteiger partial charge >= 0.3 is 0 Å². The maximum Gasteiger partial charge on any atom is 0.251 e. The molecule has 1 unspecified atom stereocenters. The van der Waals surface area contributed by atoms with Gasteiger partial charge in [0.05, 0.1) is 0 Å². The van der Waals surface area contributed by atoms with E-state index in [1.165, 1.54) is 6.92 Å². The molecular formula is C9H15F2NO. The first-order valence-electron chi connectivity index (χ1n) is 4.48. The van der Waals surface area contributed by atoms with Gasteiger partial charge in [0.15, 0.2) is 0 Å². The normalized spacial score (nSPS) is 23.4. The minimum Gasteiger partial charge on any atom is -0.369 e. The smallest absolute Gasteiger partial charge is 0.251 e. The molecule has 1 saturated carbocycles. The van der Waals surface area contributed by atoms with Gasteiger partial charge in [-0.15, -0.1) is 0 Å². The monoisotopic (exact) mass is 191 g/mol. The molecule has 4 heteroatoms. The van der Waals surface area contributed by atoms with Crippen LogP contribution in [0.25, 0.3) is 0 Å². The first kappa shape index (κ1) is 10.4. The van der Waals surface area contributed by atoms with Crippen molar-refractivity contribution in [3.8, 4) is 0 Å². The molecule has 0 aromatic heterocycles. The lowest BCUT2D eigenvalue weighted by Gasteiger charge is -2.49. The third-order valence-corrected chi connectivity index (χ3v) is 3.38. The Morgan fingerprint density at radius 1 is 1.54 bits per heavy atom. The van der Waals surface area contributed by atoms with Crippen molar-refractivity contribution in [2.45, 2.75) is 39.0 Å². The van der Waals surface area contributed by atoms with Crippen LogP contribution >= 0.6 is 0 Å². The molecule has 0 bridgehead atoms. The average Bonchev–Trinajstić information content (AvgIpc) is 1.80. The summed E-state index contributed by atoms with van der Waals surface area (Å²) in [6.45, 7) is 2.38. The second-order valence-electron chi connectivity index (χ2n) is 4.02. The van der Waals surface area contributed by atoms with E-state index in [1.807, 2.05) is 0 Å². The summed E-state index contributed by atoms with van der Waals surface area (Å²) in [6.07, 6.45) is 1.57. The van der Waals surface area contributed by atoms with Crippen molar-refractivity contribution >= 4 is 5.91 Å². The van der Waals surface area contributed by atoms with Gasteiger partial charge in [0.1, 0.15) is 0 Å². The van der Waals surface area contributed by atoms with Crippen molar-refractivity contribution in [2.24, 2.45) is 17.1 Å². The molecule has 0 radical (unpaired) electrons. The lowest BCUT2D eigenvalue weighted by Crippen LogP contribution is -2.53. The highest BCUT2D eigenvalue weighted by Gasteiger charge is 2.58. The molecule has 1 aliphatic carbocycles. The fraction of sp³-hybridized carbons (Fsp3) is 0.889. The summed E-state index contributed by atoms with van der Waals surface area (Å²) in [5, 5.41) is 0. The second-order valence-corrected chi connectivity index (χ2v) is 4.02. The molecule has 0 heterocycles. The highest BCUT2D eigenvalue weighted by Crippen LogP contribution is 2.56. The van der Waals surface area contributed by atoms with Crippen LogP contribution in [-0.4, -0.2) is 11.8 Å². The van der Waals surface area contributed by atoms with E-state index in [-0.39, 0.29) is 0 Å². The van der Waals surface area contributed by atoms with Gasteiger partial charge in [-0.05, 0) is 19.8 Å². The highest BCUT2D eigenvalue weighted by molar-refractivity contribution is 5.77. The predicted molar refractivity (Wildman–Crippen MR) is 45.3 cm³/mol. The van der Waals surface area contributed by atoms with Crippen LogP contribution in [0.5, 0.6) is 0 Å². The second kappa shape index (κ2) is 2.93. The number of halogens is 2. The van der Waals surface area contributed by atoms with Gasteiger partial charge in [-0.3, -0.25) is 4.79 Å². The van der Waals surface area contributed by atoms with Crippen LogP contribution in [-0.2, 0) is 4.79 Å². The summed E-state index contributed by atoms with van der Waals surface area (Å²) >= 11 is 0. The van der Waals surface area contributed by atoms with Gasteiger partial charge in [-0.25, -0.2) is 8.78 Å². The van der Waals surface area contributed by atoms with Crippen LogP contribution in [0, 0.1) is 11.3 Å². The van der Waals surface area contributed by atoms with Gasteiger partial charge in [0, 0.05) is 11.3 Å².